The fourth-order valence-corrected chi connectivity index (χ4v) is 2.99. The molecule has 25 heavy (non-hydrogen) atoms. The van der Waals surface area contributed by atoms with E-state index in [1.54, 1.807) is 18.2 Å². The van der Waals surface area contributed by atoms with Crippen molar-refractivity contribution in [2.45, 2.75) is 31.7 Å². The molecule has 0 atom stereocenters. The minimum absolute atomic E-state index is 0.138. The maximum absolute atomic E-state index is 12.1. The molecule has 0 spiro atoms. The maximum Gasteiger partial charge on any atom is 0.234 e. The van der Waals surface area contributed by atoms with Gasteiger partial charge in [-0.25, -0.2) is 4.98 Å². The summed E-state index contributed by atoms with van der Waals surface area (Å²) in [5.41, 5.74) is 2.15. The van der Waals surface area contributed by atoms with E-state index < -0.39 is 0 Å². The maximum atomic E-state index is 12.1. The van der Waals surface area contributed by atoms with Crippen LogP contribution in [0.3, 0.4) is 0 Å². The van der Waals surface area contributed by atoms with Gasteiger partial charge in [0.1, 0.15) is 16.8 Å². The number of rotatable bonds is 8. The minimum atomic E-state index is -0.138. The van der Waals surface area contributed by atoms with Crippen LogP contribution in [0.4, 0.5) is 5.69 Å². The molecule has 0 radical (unpaired) electrons. The Morgan fingerprint density at radius 1 is 1.24 bits per heavy atom. The smallest absolute Gasteiger partial charge is 0.234 e. The van der Waals surface area contributed by atoms with Gasteiger partial charge in [0.25, 0.3) is 0 Å². The van der Waals surface area contributed by atoms with Crippen molar-refractivity contribution in [1.29, 1.82) is 5.26 Å². The summed E-state index contributed by atoms with van der Waals surface area (Å²) in [6.45, 7) is 4.61. The van der Waals surface area contributed by atoms with Gasteiger partial charge in [-0.3, -0.25) is 4.79 Å². The molecule has 1 aromatic carbocycles. The van der Waals surface area contributed by atoms with E-state index in [1.807, 2.05) is 25.1 Å². The average molecular weight is 355 g/mol. The molecule has 0 unspecified atom stereocenters. The molecule has 0 saturated carbocycles. The second-order valence-corrected chi connectivity index (χ2v) is 6.28. The van der Waals surface area contributed by atoms with Gasteiger partial charge in [0.15, 0.2) is 0 Å². The van der Waals surface area contributed by atoms with Gasteiger partial charge >= 0.3 is 0 Å². The van der Waals surface area contributed by atoms with E-state index in [1.165, 1.54) is 11.8 Å². The molecular weight excluding hydrogens is 334 g/mol. The molecule has 1 N–H and O–H groups in total. The number of carbonyl (C=O) groups excluding carboxylic acids is 1. The van der Waals surface area contributed by atoms with E-state index in [2.05, 4.69) is 23.3 Å². The van der Waals surface area contributed by atoms with Gasteiger partial charge in [-0.15, -0.1) is 0 Å². The van der Waals surface area contributed by atoms with Gasteiger partial charge in [-0.2, -0.15) is 5.26 Å². The zero-order valence-corrected chi connectivity index (χ0v) is 15.2. The lowest BCUT2D eigenvalue weighted by Crippen LogP contribution is -2.14. The van der Waals surface area contributed by atoms with E-state index in [0.29, 0.717) is 22.9 Å². The number of thioether (sulfide) groups is 1. The molecule has 0 fully saturated rings. The number of amides is 1. The number of hydrogen-bond acceptors (Lipinski definition) is 5. The van der Waals surface area contributed by atoms with Crippen LogP contribution >= 0.6 is 11.8 Å². The monoisotopic (exact) mass is 355 g/mol. The van der Waals surface area contributed by atoms with Crippen molar-refractivity contribution in [3.05, 3.63) is 47.7 Å². The molecule has 0 aliphatic carbocycles. The summed E-state index contributed by atoms with van der Waals surface area (Å²) in [5, 5.41) is 12.6. The number of aryl methyl sites for hydroxylation is 1. The molecule has 6 heteroatoms. The lowest BCUT2D eigenvalue weighted by atomic mass is 10.2. The third-order valence-corrected chi connectivity index (χ3v) is 4.32. The predicted molar refractivity (Wildman–Crippen MR) is 99.9 cm³/mol. The van der Waals surface area contributed by atoms with Crippen molar-refractivity contribution >= 4 is 23.4 Å². The summed E-state index contributed by atoms with van der Waals surface area (Å²) in [6.07, 6.45) is 1.85. The van der Waals surface area contributed by atoms with Crippen LogP contribution in [0.5, 0.6) is 5.75 Å². The number of aromatic nitrogens is 1. The molecule has 5 nitrogen and oxygen atoms in total. The number of hydrogen-bond donors (Lipinski definition) is 1. The van der Waals surface area contributed by atoms with Crippen LogP contribution in [-0.4, -0.2) is 23.3 Å². The first-order valence-electron chi connectivity index (χ1n) is 8.21. The molecule has 130 valence electrons. The highest BCUT2D eigenvalue weighted by molar-refractivity contribution is 8.00. The zero-order chi connectivity index (χ0) is 18.1. The molecule has 0 aliphatic rings. The van der Waals surface area contributed by atoms with Gasteiger partial charge in [-0.05, 0) is 49.7 Å². The fourth-order valence-electron chi connectivity index (χ4n) is 2.20. The van der Waals surface area contributed by atoms with Crippen LogP contribution in [0, 0.1) is 11.3 Å². The van der Waals surface area contributed by atoms with Crippen LogP contribution in [0.25, 0.3) is 0 Å². The Morgan fingerprint density at radius 2 is 2.00 bits per heavy atom. The number of anilines is 1. The standard InChI is InChI=1S/C19H21N3O2S/c1-3-5-15-7-6-14(12-20)19(22-15)25-13-18(23)21-16-8-10-17(11-9-16)24-4-2/h6-11H,3-5,13H2,1-2H3,(H,21,23). The highest BCUT2D eigenvalue weighted by Gasteiger charge is 2.10. The Hall–Kier alpha value is -2.52. The van der Waals surface area contributed by atoms with E-state index in [0.717, 1.165) is 24.3 Å². The molecule has 0 bridgehead atoms. The molecule has 0 saturated heterocycles. The molecule has 1 aromatic heterocycles. The SMILES string of the molecule is CCCc1ccc(C#N)c(SCC(=O)Nc2ccc(OCC)cc2)n1. The summed E-state index contributed by atoms with van der Waals surface area (Å²) >= 11 is 1.28. The van der Waals surface area contributed by atoms with Gasteiger partial charge in [0.2, 0.25) is 5.91 Å². The predicted octanol–water partition coefficient (Wildman–Crippen LogP) is 4.04. The summed E-state index contributed by atoms with van der Waals surface area (Å²) in [5.74, 6) is 0.830. The number of carbonyl (C=O) groups is 1. The van der Waals surface area contributed by atoms with Crippen LogP contribution in [0.15, 0.2) is 41.4 Å². The topological polar surface area (TPSA) is 75.0 Å². The molecule has 2 aromatic rings. The first kappa shape index (κ1) is 18.8. The molecule has 2 rings (SSSR count). The van der Waals surface area contributed by atoms with Crippen LogP contribution < -0.4 is 10.1 Å². The third-order valence-electron chi connectivity index (χ3n) is 3.33. The summed E-state index contributed by atoms with van der Waals surface area (Å²) in [6, 6.07) is 13.0. The number of nitriles is 1. The van der Waals surface area contributed by atoms with E-state index in [9.17, 15) is 10.1 Å². The van der Waals surface area contributed by atoms with E-state index in [-0.39, 0.29) is 11.7 Å². The third kappa shape index (κ3) is 5.80. The first-order valence-corrected chi connectivity index (χ1v) is 9.20. The normalized spacial score (nSPS) is 10.1. The van der Waals surface area contributed by atoms with Crippen molar-refractivity contribution in [2.75, 3.05) is 17.7 Å². The minimum Gasteiger partial charge on any atom is -0.494 e. The number of nitrogens with zero attached hydrogens (tertiary/aromatic N) is 2. The number of ether oxygens (including phenoxy) is 1. The average Bonchev–Trinajstić information content (AvgIpc) is 2.62. The second kappa shape index (κ2) is 9.70. The zero-order valence-electron chi connectivity index (χ0n) is 14.4. The second-order valence-electron chi connectivity index (χ2n) is 5.31. The summed E-state index contributed by atoms with van der Waals surface area (Å²) < 4.78 is 5.37. The number of benzene rings is 1. The van der Waals surface area contributed by atoms with Crippen LogP contribution in [0.2, 0.25) is 0 Å². The Bertz CT molecular complexity index is 754. The highest BCUT2D eigenvalue weighted by Crippen LogP contribution is 2.22. The Morgan fingerprint density at radius 3 is 2.64 bits per heavy atom. The van der Waals surface area contributed by atoms with Crippen molar-refractivity contribution in [1.82, 2.24) is 4.98 Å². The van der Waals surface area contributed by atoms with Crippen molar-refractivity contribution in [2.24, 2.45) is 0 Å². The quantitative estimate of drug-likeness (QED) is 0.724. The lowest BCUT2D eigenvalue weighted by Gasteiger charge is -2.08. The van der Waals surface area contributed by atoms with Gasteiger partial charge < -0.3 is 10.1 Å². The van der Waals surface area contributed by atoms with Crippen molar-refractivity contribution in [3.63, 3.8) is 0 Å². The molecule has 1 amide bonds. The van der Waals surface area contributed by atoms with Crippen LogP contribution in [-0.2, 0) is 11.2 Å². The summed E-state index contributed by atoms with van der Waals surface area (Å²) in [4.78, 5) is 16.6. The van der Waals surface area contributed by atoms with Gasteiger partial charge in [0.05, 0.1) is 17.9 Å². The highest BCUT2D eigenvalue weighted by atomic mass is 32.2. The van der Waals surface area contributed by atoms with Crippen molar-refractivity contribution in [3.8, 4) is 11.8 Å². The largest absolute Gasteiger partial charge is 0.494 e. The number of nitrogens with one attached hydrogen (secondary N) is 1. The molecule has 1 heterocycles. The van der Waals surface area contributed by atoms with Gasteiger partial charge in [-0.1, -0.05) is 25.1 Å². The number of pyridine rings is 1. The van der Waals surface area contributed by atoms with Crippen LogP contribution in [0.1, 0.15) is 31.5 Å². The molecular formula is C19H21N3O2S. The van der Waals surface area contributed by atoms with E-state index in [4.69, 9.17) is 4.74 Å². The fraction of sp³-hybridized carbons (Fsp3) is 0.316. The lowest BCUT2D eigenvalue weighted by molar-refractivity contribution is -0.113. The van der Waals surface area contributed by atoms with Gasteiger partial charge in [0, 0.05) is 11.4 Å². The first-order chi connectivity index (χ1) is 12.2. The van der Waals surface area contributed by atoms with Crippen molar-refractivity contribution < 1.29 is 9.53 Å². The molecule has 0 aliphatic heterocycles. The Balaban J connectivity index is 1.95. The summed E-state index contributed by atoms with van der Waals surface area (Å²) in [7, 11) is 0. The Labute approximate surface area is 152 Å². The van der Waals surface area contributed by atoms with E-state index >= 15 is 0 Å². The Kier molecular flexibility index (Phi) is 7.30.